The first-order valence-electron chi connectivity index (χ1n) is 6.24. The maximum absolute atomic E-state index is 11.8. The van der Waals surface area contributed by atoms with Crippen molar-refractivity contribution in [3.05, 3.63) is 0 Å². The van der Waals surface area contributed by atoms with Crippen molar-refractivity contribution < 1.29 is 18.0 Å². The first-order chi connectivity index (χ1) is 8.71. The summed E-state index contributed by atoms with van der Waals surface area (Å²) in [5.41, 5.74) is 5.20. The lowest BCUT2D eigenvalue weighted by Crippen LogP contribution is -2.51. The predicted molar refractivity (Wildman–Crippen MR) is 71.0 cm³/mol. The minimum absolute atomic E-state index is 0.0235. The Bertz CT molecular complexity index is 447. The third-order valence-electron chi connectivity index (χ3n) is 3.02. The van der Waals surface area contributed by atoms with Gasteiger partial charge in [0.1, 0.15) is 6.04 Å². The van der Waals surface area contributed by atoms with E-state index in [1.165, 1.54) is 0 Å². The Morgan fingerprint density at radius 3 is 2.53 bits per heavy atom. The van der Waals surface area contributed by atoms with Crippen LogP contribution in [0.25, 0.3) is 0 Å². The van der Waals surface area contributed by atoms with Crippen molar-refractivity contribution >= 4 is 21.7 Å². The van der Waals surface area contributed by atoms with Crippen LogP contribution in [0.4, 0.5) is 0 Å². The molecule has 0 aromatic heterocycles. The zero-order valence-corrected chi connectivity index (χ0v) is 12.0. The lowest BCUT2D eigenvalue weighted by molar-refractivity contribution is -0.128. The van der Waals surface area contributed by atoms with Gasteiger partial charge in [0.2, 0.25) is 11.8 Å². The number of amides is 2. The Balaban J connectivity index is 2.53. The number of primary amides is 1. The molecule has 7 nitrogen and oxygen atoms in total. The van der Waals surface area contributed by atoms with E-state index in [0.717, 1.165) is 0 Å². The average molecular weight is 291 g/mol. The van der Waals surface area contributed by atoms with E-state index < -0.39 is 27.8 Å². The second-order valence-corrected chi connectivity index (χ2v) is 7.39. The third-order valence-corrected chi connectivity index (χ3v) is 4.76. The Labute approximate surface area is 113 Å². The van der Waals surface area contributed by atoms with E-state index in [0.29, 0.717) is 6.54 Å². The molecule has 110 valence electrons. The van der Waals surface area contributed by atoms with Gasteiger partial charge in [-0.25, -0.2) is 8.42 Å². The average Bonchev–Trinajstić information content (AvgIpc) is 2.23. The highest BCUT2D eigenvalue weighted by atomic mass is 32.2. The fourth-order valence-corrected chi connectivity index (χ4v) is 3.47. The lowest BCUT2D eigenvalue weighted by atomic mass is 10.0. The monoisotopic (exact) mass is 291 g/mol. The molecule has 0 radical (unpaired) electrons. The highest BCUT2D eigenvalue weighted by Crippen LogP contribution is 2.06. The van der Waals surface area contributed by atoms with Gasteiger partial charge in [-0.2, -0.15) is 0 Å². The molecule has 4 N–H and O–H groups in total. The maximum Gasteiger partial charge on any atom is 0.240 e. The van der Waals surface area contributed by atoms with Crippen LogP contribution in [0.1, 0.15) is 20.3 Å². The Kier molecular flexibility index (Phi) is 5.30. The van der Waals surface area contributed by atoms with Crippen molar-refractivity contribution in [3.63, 3.8) is 0 Å². The molecule has 2 atom stereocenters. The summed E-state index contributed by atoms with van der Waals surface area (Å²) in [5.74, 6) is -1.02. The lowest BCUT2D eigenvalue weighted by Gasteiger charge is -2.25. The molecule has 2 amide bonds. The summed E-state index contributed by atoms with van der Waals surface area (Å²) in [4.78, 5) is 23.0. The summed E-state index contributed by atoms with van der Waals surface area (Å²) >= 11 is 0. The van der Waals surface area contributed by atoms with E-state index in [9.17, 15) is 18.0 Å². The standard InChI is InChI=1S/C11H21N3O4S/c1-7(2)10(11(12)16)14-9(15)5-8-6-19(17,18)4-3-13-8/h7-8,10,13H,3-6H2,1-2H3,(H2,12,16)(H,14,15). The first kappa shape index (κ1) is 15.9. The molecule has 1 heterocycles. The normalized spacial score (nSPS) is 23.8. The van der Waals surface area contributed by atoms with E-state index in [-0.39, 0.29) is 29.8 Å². The molecule has 1 aliphatic rings. The van der Waals surface area contributed by atoms with E-state index in [2.05, 4.69) is 10.6 Å². The van der Waals surface area contributed by atoms with Crippen molar-refractivity contribution in [3.8, 4) is 0 Å². The van der Waals surface area contributed by atoms with Gasteiger partial charge in [-0.05, 0) is 5.92 Å². The number of carbonyl (C=O) groups excluding carboxylic acids is 2. The number of nitrogens with two attached hydrogens (primary N) is 1. The molecule has 1 rings (SSSR count). The molecule has 0 aliphatic carbocycles. The zero-order chi connectivity index (χ0) is 14.6. The van der Waals surface area contributed by atoms with Gasteiger partial charge in [-0.3, -0.25) is 9.59 Å². The third kappa shape index (κ3) is 5.15. The van der Waals surface area contributed by atoms with Gasteiger partial charge in [-0.1, -0.05) is 13.8 Å². The smallest absolute Gasteiger partial charge is 0.240 e. The topological polar surface area (TPSA) is 118 Å². The Morgan fingerprint density at radius 2 is 2.05 bits per heavy atom. The van der Waals surface area contributed by atoms with Crippen LogP contribution in [-0.2, 0) is 19.4 Å². The second-order valence-electron chi connectivity index (χ2n) is 5.16. The number of rotatable bonds is 5. The number of hydrogen-bond donors (Lipinski definition) is 3. The highest BCUT2D eigenvalue weighted by Gasteiger charge is 2.28. The van der Waals surface area contributed by atoms with Gasteiger partial charge in [-0.15, -0.1) is 0 Å². The minimum atomic E-state index is -3.07. The summed E-state index contributed by atoms with van der Waals surface area (Å²) in [6.07, 6.45) is 0.0235. The molecule has 0 spiro atoms. The fraction of sp³-hybridized carbons (Fsp3) is 0.818. The van der Waals surface area contributed by atoms with E-state index in [1.54, 1.807) is 13.8 Å². The molecule has 0 bridgehead atoms. The van der Waals surface area contributed by atoms with Gasteiger partial charge in [0, 0.05) is 19.0 Å². The highest BCUT2D eigenvalue weighted by molar-refractivity contribution is 7.91. The maximum atomic E-state index is 11.8. The first-order valence-corrected chi connectivity index (χ1v) is 8.06. The predicted octanol–water partition coefficient (Wildman–Crippen LogP) is -1.61. The van der Waals surface area contributed by atoms with Crippen molar-refractivity contribution in [2.75, 3.05) is 18.1 Å². The largest absolute Gasteiger partial charge is 0.368 e. The number of sulfone groups is 1. The molecule has 2 unspecified atom stereocenters. The summed E-state index contributed by atoms with van der Waals surface area (Å²) in [6, 6.07) is -1.13. The van der Waals surface area contributed by atoms with Crippen molar-refractivity contribution in [1.29, 1.82) is 0 Å². The van der Waals surface area contributed by atoms with E-state index >= 15 is 0 Å². The molecule has 1 saturated heterocycles. The molecule has 0 aromatic carbocycles. The van der Waals surface area contributed by atoms with Gasteiger partial charge >= 0.3 is 0 Å². The SMILES string of the molecule is CC(C)C(NC(=O)CC1CS(=O)(=O)CCN1)C(N)=O. The summed E-state index contributed by atoms with van der Waals surface area (Å²) in [7, 11) is -3.07. The van der Waals surface area contributed by atoms with Crippen LogP contribution < -0.4 is 16.4 Å². The Morgan fingerprint density at radius 1 is 1.42 bits per heavy atom. The molecular weight excluding hydrogens is 270 g/mol. The van der Waals surface area contributed by atoms with Crippen molar-refractivity contribution in [1.82, 2.24) is 10.6 Å². The van der Waals surface area contributed by atoms with Crippen LogP contribution in [0.2, 0.25) is 0 Å². The number of carbonyl (C=O) groups is 2. The number of nitrogens with one attached hydrogen (secondary N) is 2. The molecule has 19 heavy (non-hydrogen) atoms. The van der Waals surface area contributed by atoms with Crippen LogP contribution in [0.15, 0.2) is 0 Å². The molecule has 0 aromatic rings. The van der Waals surface area contributed by atoms with Gasteiger partial charge in [0.05, 0.1) is 11.5 Å². The zero-order valence-electron chi connectivity index (χ0n) is 11.2. The molecule has 1 aliphatic heterocycles. The Hall–Kier alpha value is -1.15. The van der Waals surface area contributed by atoms with Crippen LogP contribution in [0.5, 0.6) is 0 Å². The molecule has 0 saturated carbocycles. The van der Waals surface area contributed by atoms with Crippen LogP contribution in [0.3, 0.4) is 0 Å². The molecular formula is C11H21N3O4S. The van der Waals surface area contributed by atoms with Crippen molar-refractivity contribution in [2.24, 2.45) is 11.7 Å². The quantitative estimate of drug-likeness (QED) is 0.563. The van der Waals surface area contributed by atoms with Crippen molar-refractivity contribution in [2.45, 2.75) is 32.4 Å². The minimum Gasteiger partial charge on any atom is -0.368 e. The van der Waals surface area contributed by atoms with Crippen LogP contribution in [0, 0.1) is 5.92 Å². The molecule has 1 fully saturated rings. The van der Waals surface area contributed by atoms with Gasteiger partial charge in [0.25, 0.3) is 0 Å². The summed E-state index contributed by atoms with van der Waals surface area (Å²) in [6.45, 7) is 3.90. The second kappa shape index (κ2) is 6.33. The molecule has 8 heteroatoms. The van der Waals surface area contributed by atoms with E-state index in [1.807, 2.05) is 0 Å². The summed E-state index contributed by atoms with van der Waals surface area (Å²) in [5, 5.41) is 5.52. The van der Waals surface area contributed by atoms with E-state index in [4.69, 9.17) is 5.73 Å². The van der Waals surface area contributed by atoms with Gasteiger partial charge < -0.3 is 16.4 Å². The fourth-order valence-electron chi connectivity index (χ4n) is 2.02. The number of hydrogen-bond acceptors (Lipinski definition) is 5. The summed E-state index contributed by atoms with van der Waals surface area (Å²) < 4.78 is 22.9. The van der Waals surface area contributed by atoms with Gasteiger partial charge in [0.15, 0.2) is 9.84 Å². The van der Waals surface area contributed by atoms with Crippen LogP contribution in [-0.4, -0.2) is 50.4 Å². The van der Waals surface area contributed by atoms with Crippen LogP contribution >= 0.6 is 0 Å².